The zero-order chi connectivity index (χ0) is 16.2. The maximum atomic E-state index is 5.91. The van der Waals surface area contributed by atoms with Crippen molar-refractivity contribution in [1.82, 2.24) is 4.68 Å². The van der Waals surface area contributed by atoms with Crippen LogP contribution in [-0.4, -0.2) is 17.9 Å². The third kappa shape index (κ3) is 3.80. The summed E-state index contributed by atoms with van der Waals surface area (Å²) in [6.45, 7) is 0. The first-order valence-electron chi connectivity index (χ1n) is 6.86. The van der Waals surface area contributed by atoms with Crippen molar-refractivity contribution in [3.8, 4) is 11.3 Å². The van der Waals surface area contributed by atoms with Crippen molar-refractivity contribution < 1.29 is 0 Å². The van der Waals surface area contributed by atoms with Crippen LogP contribution in [0.3, 0.4) is 0 Å². The van der Waals surface area contributed by atoms with Gasteiger partial charge in [-0.2, -0.15) is 5.10 Å². The van der Waals surface area contributed by atoms with E-state index in [2.05, 4.69) is 43.5 Å². The van der Waals surface area contributed by atoms with Gasteiger partial charge in [-0.15, -0.1) is 11.3 Å². The van der Waals surface area contributed by atoms with Gasteiger partial charge in [-0.3, -0.25) is 4.99 Å². The van der Waals surface area contributed by atoms with Crippen LogP contribution in [0.5, 0.6) is 0 Å². The molecule has 1 heterocycles. The molecule has 0 spiro atoms. The summed E-state index contributed by atoms with van der Waals surface area (Å²) in [4.78, 5) is 5.14. The van der Waals surface area contributed by atoms with Crippen LogP contribution < -0.4 is 4.80 Å². The first kappa shape index (κ1) is 16.2. The lowest BCUT2D eigenvalue weighted by atomic mass is 10.2. The van der Waals surface area contributed by atoms with E-state index >= 15 is 0 Å². The first-order chi connectivity index (χ1) is 11.2. The Kier molecular flexibility index (Phi) is 5.10. The van der Waals surface area contributed by atoms with E-state index in [1.54, 1.807) is 24.6 Å². The molecule has 0 amide bonds. The Morgan fingerprint density at radius 1 is 1.09 bits per heavy atom. The number of thiazole rings is 1. The van der Waals surface area contributed by atoms with Crippen LogP contribution in [0.1, 0.15) is 5.56 Å². The molecule has 0 atom stereocenters. The topological polar surface area (TPSA) is 29.6 Å². The van der Waals surface area contributed by atoms with Crippen molar-refractivity contribution in [2.24, 2.45) is 10.1 Å². The van der Waals surface area contributed by atoms with Crippen molar-refractivity contribution in [2.45, 2.75) is 0 Å². The lowest BCUT2D eigenvalue weighted by Crippen LogP contribution is -2.11. The summed E-state index contributed by atoms with van der Waals surface area (Å²) >= 11 is 10.9. The number of hydrogen-bond donors (Lipinski definition) is 0. The number of hydrogen-bond acceptors (Lipinski definition) is 3. The fraction of sp³-hybridized carbons (Fsp3) is 0.0588. The van der Waals surface area contributed by atoms with Gasteiger partial charge in [-0.05, 0) is 29.8 Å². The normalized spacial score (nSPS) is 12.2. The highest BCUT2D eigenvalue weighted by atomic mass is 79.9. The van der Waals surface area contributed by atoms with Gasteiger partial charge in [0, 0.05) is 27.5 Å². The van der Waals surface area contributed by atoms with E-state index in [1.807, 2.05) is 41.1 Å². The Morgan fingerprint density at radius 3 is 2.43 bits per heavy atom. The zero-order valence-corrected chi connectivity index (χ0v) is 15.4. The SMILES string of the molecule is CN=c1scc(-c2ccc(Br)cc2)n1/N=C/c1ccc(Cl)cc1. The molecule has 2 aromatic carbocycles. The highest BCUT2D eigenvalue weighted by Crippen LogP contribution is 2.22. The average Bonchev–Trinajstić information content (AvgIpc) is 2.98. The Bertz CT molecular complexity index is 893. The Balaban J connectivity index is 2.02. The molecule has 0 fully saturated rings. The third-order valence-electron chi connectivity index (χ3n) is 3.21. The minimum absolute atomic E-state index is 0.713. The zero-order valence-electron chi connectivity index (χ0n) is 12.3. The number of benzene rings is 2. The molecule has 0 N–H and O–H groups in total. The summed E-state index contributed by atoms with van der Waals surface area (Å²) in [5.41, 5.74) is 3.08. The molecule has 3 rings (SSSR count). The van der Waals surface area contributed by atoms with Gasteiger partial charge in [0.15, 0.2) is 0 Å². The molecule has 0 aliphatic heterocycles. The van der Waals surface area contributed by atoms with Gasteiger partial charge in [0.2, 0.25) is 4.80 Å². The number of halogens is 2. The molecule has 23 heavy (non-hydrogen) atoms. The maximum Gasteiger partial charge on any atom is 0.205 e. The standard InChI is InChI=1S/C17H13BrClN3S/c1-20-17-22(21-10-12-2-8-15(19)9-3-12)16(11-23-17)13-4-6-14(18)7-5-13/h2-11H,1H3/b20-17?,21-10+. The molecule has 6 heteroatoms. The van der Waals surface area contributed by atoms with Gasteiger partial charge < -0.3 is 0 Å². The van der Waals surface area contributed by atoms with E-state index in [0.717, 1.165) is 26.1 Å². The van der Waals surface area contributed by atoms with E-state index in [-0.39, 0.29) is 0 Å². The van der Waals surface area contributed by atoms with Crippen molar-refractivity contribution in [1.29, 1.82) is 0 Å². The summed E-state index contributed by atoms with van der Waals surface area (Å²) in [5, 5.41) is 7.36. The van der Waals surface area contributed by atoms with Crippen LogP contribution >= 0.6 is 38.9 Å². The number of aromatic nitrogens is 1. The van der Waals surface area contributed by atoms with Crippen LogP contribution in [0.4, 0.5) is 0 Å². The smallest absolute Gasteiger partial charge is 0.205 e. The van der Waals surface area contributed by atoms with E-state index in [9.17, 15) is 0 Å². The molecule has 0 aliphatic rings. The molecular formula is C17H13BrClN3S. The predicted octanol–water partition coefficient (Wildman–Crippen LogP) is 5.05. The molecule has 0 radical (unpaired) electrons. The van der Waals surface area contributed by atoms with Crippen LogP contribution in [0.15, 0.2) is 68.5 Å². The van der Waals surface area contributed by atoms with E-state index < -0.39 is 0 Å². The highest BCUT2D eigenvalue weighted by Gasteiger charge is 2.06. The summed E-state index contributed by atoms with van der Waals surface area (Å²) in [6, 6.07) is 15.7. The van der Waals surface area contributed by atoms with Crippen molar-refractivity contribution in [2.75, 3.05) is 7.05 Å². The summed E-state index contributed by atoms with van der Waals surface area (Å²) in [6.07, 6.45) is 1.81. The Labute approximate surface area is 151 Å². The monoisotopic (exact) mass is 405 g/mol. The third-order valence-corrected chi connectivity index (χ3v) is 4.90. The Morgan fingerprint density at radius 2 is 1.78 bits per heavy atom. The summed E-state index contributed by atoms with van der Waals surface area (Å²) in [7, 11) is 1.77. The van der Waals surface area contributed by atoms with Gasteiger partial charge in [0.05, 0.1) is 11.9 Å². The lowest BCUT2D eigenvalue weighted by Gasteiger charge is -2.03. The van der Waals surface area contributed by atoms with Gasteiger partial charge in [0.25, 0.3) is 0 Å². The van der Waals surface area contributed by atoms with Crippen molar-refractivity contribution >= 4 is 45.1 Å². The van der Waals surface area contributed by atoms with E-state index in [0.29, 0.717) is 5.02 Å². The minimum Gasteiger partial charge on any atom is -0.261 e. The number of rotatable bonds is 3. The largest absolute Gasteiger partial charge is 0.261 e. The van der Waals surface area contributed by atoms with Gasteiger partial charge in [-0.1, -0.05) is 51.8 Å². The summed E-state index contributed by atoms with van der Waals surface area (Å²) < 4.78 is 2.90. The van der Waals surface area contributed by atoms with Gasteiger partial charge >= 0.3 is 0 Å². The van der Waals surface area contributed by atoms with E-state index in [1.165, 1.54) is 0 Å². The maximum absolute atomic E-state index is 5.91. The predicted molar refractivity (Wildman–Crippen MR) is 101 cm³/mol. The first-order valence-corrected chi connectivity index (χ1v) is 8.91. The molecule has 3 aromatic rings. The quantitative estimate of drug-likeness (QED) is 0.545. The van der Waals surface area contributed by atoms with Gasteiger partial charge in [0.1, 0.15) is 0 Å². The molecule has 3 nitrogen and oxygen atoms in total. The van der Waals surface area contributed by atoms with Crippen molar-refractivity contribution in [3.05, 3.63) is 73.8 Å². The van der Waals surface area contributed by atoms with Crippen LogP contribution in [0.25, 0.3) is 11.3 Å². The minimum atomic E-state index is 0.713. The lowest BCUT2D eigenvalue weighted by molar-refractivity contribution is 0.848. The molecule has 116 valence electrons. The Hall–Kier alpha value is -1.69. The second kappa shape index (κ2) is 7.25. The molecule has 0 unspecified atom stereocenters. The fourth-order valence-corrected chi connectivity index (χ4v) is 3.25. The molecular weight excluding hydrogens is 394 g/mol. The van der Waals surface area contributed by atoms with Crippen LogP contribution in [-0.2, 0) is 0 Å². The molecule has 0 saturated heterocycles. The molecule has 0 bridgehead atoms. The van der Waals surface area contributed by atoms with Gasteiger partial charge in [-0.25, -0.2) is 4.68 Å². The number of nitrogens with zero attached hydrogens (tertiary/aromatic N) is 3. The molecule has 0 saturated carbocycles. The summed E-state index contributed by atoms with van der Waals surface area (Å²) in [5.74, 6) is 0. The van der Waals surface area contributed by atoms with Crippen LogP contribution in [0, 0.1) is 0 Å². The fourth-order valence-electron chi connectivity index (χ4n) is 2.05. The van der Waals surface area contributed by atoms with Crippen LogP contribution in [0.2, 0.25) is 5.02 Å². The second-order valence-corrected chi connectivity index (χ2v) is 6.93. The second-order valence-electron chi connectivity index (χ2n) is 4.74. The van der Waals surface area contributed by atoms with E-state index in [4.69, 9.17) is 11.6 Å². The highest BCUT2D eigenvalue weighted by molar-refractivity contribution is 9.10. The molecule has 0 aliphatic carbocycles. The molecule has 1 aromatic heterocycles. The average molecular weight is 407 g/mol. The van der Waals surface area contributed by atoms with Crippen molar-refractivity contribution in [3.63, 3.8) is 0 Å².